The quantitative estimate of drug-likeness (QED) is 0.911. The van der Waals surface area contributed by atoms with Gasteiger partial charge in [-0.25, -0.2) is 4.98 Å². The van der Waals surface area contributed by atoms with Gasteiger partial charge in [0.1, 0.15) is 0 Å². The summed E-state index contributed by atoms with van der Waals surface area (Å²) < 4.78 is 40.9. The summed E-state index contributed by atoms with van der Waals surface area (Å²) in [5.41, 5.74) is -0.693. The van der Waals surface area contributed by atoms with E-state index in [4.69, 9.17) is 0 Å². The predicted octanol–water partition coefficient (Wildman–Crippen LogP) is 4.13. The first-order valence-corrected chi connectivity index (χ1v) is 7.00. The van der Waals surface area contributed by atoms with Crippen molar-refractivity contribution in [1.29, 1.82) is 0 Å². The van der Waals surface area contributed by atoms with E-state index in [2.05, 4.69) is 11.6 Å². The number of fused-ring (bicyclic) bond motifs is 1. The number of rotatable bonds is 3. The summed E-state index contributed by atoms with van der Waals surface area (Å²) in [6, 6.07) is -0.247. The van der Waals surface area contributed by atoms with E-state index in [1.807, 2.05) is 19.1 Å². The van der Waals surface area contributed by atoms with E-state index >= 15 is 0 Å². The first kappa shape index (κ1) is 16.5. The zero-order chi connectivity index (χ0) is 16.7. The SMILES string of the molecule is C=CC1=C(/C=C\C)c2cnc([C@@](C)(O)C(F)(F)F)n2[C@@H](C)C1. The van der Waals surface area contributed by atoms with Gasteiger partial charge in [-0.3, -0.25) is 0 Å². The highest BCUT2D eigenvalue weighted by Gasteiger charge is 2.54. The molecule has 0 aromatic carbocycles. The number of halogens is 3. The van der Waals surface area contributed by atoms with E-state index in [0.717, 1.165) is 18.1 Å². The molecule has 0 bridgehead atoms. The Balaban J connectivity index is 2.69. The molecule has 0 unspecified atom stereocenters. The fraction of sp³-hybridized carbons (Fsp3) is 0.438. The highest BCUT2D eigenvalue weighted by atomic mass is 19.4. The average molecular weight is 312 g/mol. The minimum atomic E-state index is -4.79. The molecular weight excluding hydrogens is 293 g/mol. The first-order valence-electron chi connectivity index (χ1n) is 7.00. The molecule has 3 nitrogen and oxygen atoms in total. The molecule has 1 aromatic heterocycles. The van der Waals surface area contributed by atoms with Crippen LogP contribution in [0.2, 0.25) is 0 Å². The smallest absolute Gasteiger partial charge is 0.374 e. The van der Waals surface area contributed by atoms with Gasteiger partial charge in [-0.15, -0.1) is 0 Å². The molecule has 1 aromatic rings. The third-order valence-corrected chi connectivity index (χ3v) is 3.94. The number of imidazole rings is 1. The van der Waals surface area contributed by atoms with Crippen LogP contribution in [-0.2, 0) is 5.60 Å². The van der Waals surface area contributed by atoms with Gasteiger partial charge in [0.2, 0.25) is 5.60 Å². The molecule has 1 N–H and O–H groups in total. The number of nitrogens with zero attached hydrogens (tertiary/aromatic N) is 2. The number of hydrogen-bond acceptors (Lipinski definition) is 2. The monoisotopic (exact) mass is 312 g/mol. The van der Waals surface area contributed by atoms with Crippen LogP contribution in [-0.4, -0.2) is 20.8 Å². The number of alkyl halides is 3. The molecular formula is C16H19F3N2O. The second kappa shape index (κ2) is 5.43. The Hall–Kier alpha value is -1.82. The lowest BCUT2D eigenvalue weighted by Crippen LogP contribution is -2.42. The normalized spacial score (nSPS) is 21.9. The minimum absolute atomic E-state index is 0.247. The lowest BCUT2D eigenvalue weighted by atomic mass is 9.93. The fourth-order valence-corrected chi connectivity index (χ4v) is 2.73. The Morgan fingerprint density at radius 3 is 2.59 bits per heavy atom. The lowest BCUT2D eigenvalue weighted by molar-refractivity contribution is -0.262. The van der Waals surface area contributed by atoms with Crippen LogP contribution < -0.4 is 0 Å². The summed E-state index contributed by atoms with van der Waals surface area (Å²) in [6.45, 7) is 8.14. The van der Waals surface area contributed by atoms with Crippen molar-refractivity contribution in [3.63, 3.8) is 0 Å². The summed E-state index contributed by atoms with van der Waals surface area (Å²) in [6.07, 6.45) is 2.47. The molecule has 0 saturated carbocycles. The molecule has 0 amide bonds. The van der Waals surface area contributed by atoms with Crippen LogP contribution in [0.25, 0.3) is 5.57 Å². The minimum Gasteiger partial charge on any atom is -0.374 e. The molecule has 120 valence electrons. The van der Waals surface area contributed by atoms with Crippen molar-refractivity contribution >= 4 is 5.57 Å². The molecule has 2 rings (SSSR count). The number of hydrogen-bond donors (Lipinski definition) is 1. The van der Waals surface area contributed by atoms with Gasteiger partial charge >= 0.3 is 6.18 Å². The summed E-state index contributed by atoms with van der Waals surface area (Å²) in [5, 5.41) is 9.96. The van der Waals surface area contributed by atoms with Gasteiger partial charge in [0, 0.05) is 11.6 Å². The van der Waals surface area contributed by atoms with Crippen LogP contribution in [0.4, 0.5) is 13.2 Å². The van der Waals surface area contributed by atoms with E-state index in [-0.39, 0.29) is 11.9 Å². The molecule has 1 aliphatic rings. The Bertz CT molecular complexity index is 651. The zero-order valence-electron chi connectivity index (χ0n) is 12.8. The highest BCUT2D eigenvalue weighted by molar-refractivity contribution is 5.77. The van der Waals surface area contributed by atoms with Crippen LogP contribution in [0, 0.1) is 0 Å². The fourth-order valence-electron chi connectivity index (χ4n) is 2.73. The van der Waals surface area contributed by atoms with Gasteiger partial charge in [-0.05, 0) is 32.8 Å². The Morgan fingerprint density at radius 1 is 1.45 bits per heavy atom. The van der Waals surface area contributed by atoms with Crippen molar-refractivity contribution in [3.8, 4) is 0 Å². The molecule has 2 atom stereocenters. The second-order valence-electron chi connectivity index (χ2n) is 5.60. The maximum absolute atomic E-state index is 13.1. The predicted molar refractivity (Wildman–Crippen MR) is 79.1 cm³/mol. The van der Waals surface area contributed by atoms with Gasteiger partial charge in [0.25, 0.3) is 0 Å². The molecule has 22 heavy (non-hydrogen) atoms. The Kier molecular flexibility index (Phi) is 4.08. The van der Waals surface area contributed by atoms with Gasteiger partial charge < -0.3 is 9.67 Å². The molecule has 0 spiro atoms. The summed E-state index contributed by atoms with van der Waals surface area (Å²) >= 11 is 0. The van der Waals surface area contributed by atoms with Crippen LogP contribution in [0.15, 0.2) is 36.6 Å². The Morgan fingerprint density at radius 2 is 2.09 bits per heavy atom. The highest BCUT2D eigenvalue weighted by Crippen LogP contribution is 2.43. The molecule has 0 radical (unpaired) electrons. The van der Waals surface area contributed by atoms with Crippen molar-refractivity contribution in [3.05, 3.63) is 48.1 Å². The van der Waals surface area contributed by atoms with E-state index in [9.17, 15) is 18.3 Å². The van der Waals surface area contributed by atoms with Gasteiger partial charge in [-0.2, -0.15) is 13.2 Å². The van der Waals surface area contributed by atoms with Crippen molar-refractivity contribution < 1.29 is 18.3 Å². The van der Waals surface area contributed by atoms with Crippen LogP contribution in [0.5, 0.6) is 0 Å². The van der Waals surface area contributed by atoms with Crippen LogP contribution in [0.3, 0.4) is 0 Å². The van der Waals surface area contributed by atoms with Crippen molar-refractivity contribution in [2.75, 3.05) is 0 Å². The van der Waals surface area contributed by atoms with Crippen LogP contribution in [0.1, 0.15) is 44.8 Å². The zero-order valence-corrected chi connectivity index (χ0v) is 12.8. The molecule has 1 aliphatic heterocycles. The number of allylic oxidation sites excluding steroid dienone is 5. The molecule has 0 saturated heterocycles. The maximum Gasteiger partial charge on any atom is 0.424 e. The molecule has 0 fully saturated rings. The third kappa shape index (κ3) is 2.41. The molecule has 0 aliphatic carbocycles. The number of aliphatic hydroxyl groups is 1. The maximum atomic E-state index is 13.1. The topological polar surface area (TPSA) is 38.1 Å². The summed E-state index contributed by atoms with van der Waals surface area (Å²) in [4.78, 5) is 3.88. The van der Waals surface area contributed by atoms with Gasteiger partial charge in [0.15, 0.2) is 5.82 Å². The molecule has 6 heteroatoms. The third-order valence-electron chi connectivity index (χ3n) is 3.94. The summed E-state index contributed by atoms with van der Waals surface area (Å²) in [7, 11) is 0. The van der Waals surface area contributed by atoms with Gasteiger partial charge in [0.05, 0.1) is 11.9 Å². The summed E-state index contributed by atoms with van der Waals surface area (Å²) in [5.74, 6) is -0.382. The van der Waals surface area contributed by atoms with Crippen molar-refractivity contribution in [2.24, 2.45) is 0 Å². The first-order chi connectivity index (χ1) is 10.1. The number of aromatic nitrogens is 2. The second-order valence-corrected chi connectivity index (χ2v) is 5.60. The van der Waals surface area contributed by atoms with Crippen molar-refractivity contribution in [1.82, 2.24) is 9.55 Å². The van der Waals surface area contributed by atoms with Gasteiger partial charge in [-0.1, -0.05) is 24.8 Å². The lowest BCUT2D eigenvalue weighted by Gasteiger charge is -2.32. The van der Waals surface area contributed by atoms with E-state index < -0.39 is 11.8 Å². The standard InChI is InChI=1S/C16H19F3N2O/c1-5-7-12-11(6-2)8-10(3)21-13(12)9-20-14(21)15(4,22)16(17,18)19/h5-7,9-10,22H,2,8H2,1,3-4H3/b7-5-/t10-,15+/m0/s1. The largest absolute Gasteiger partial charge is 0.424 e. The Labute approximate surface area is 127 Å². The van der Waals surface area contributed by atoms with E-state index in [1.54, 1.807) is 13.0 Å². The van der Waals surface area contributed by atoms with E-state index in [0.29, 0.717) is 12.1 Å². The molecule has 2 heterocycles. The van der Waals surface area contributed by atoms with Crippen LogP contribution >= 0.6 is 0 Å². The van der Waals surface area contributed by atoms with E-state index in [1.165, 1.54) is 10.8 Å². The van der Waals surface area contributed by atoms with Crippen molar-refractivity contribution in [2.45, 2.75) is 45.0 Å². The average Bonchev–Trinajstić information content (AvgIpc) is 2.86.